The van der Waals surface area contributed by atoms with Crippen molar-refractivity contribution in [2.75, 3.05) is 11.1 Å². The number of rotatable bonds is 5. The predicted octanol–water partition coefficient (Wildman–Crippen LogP) is 2.80. The van der Waals surface area contributed by atoms with Gasteiger partial charge in [0.2, 0.25) is 0 Å². The van der Waals surface area contributed by atoms with Gasteiger partial charge in [0, 0.05) is 6.04 Å². The van der Waals surface area contributed by atoms with Crippen molar-refractivity contribution >= 4 is 22.4 Å². The van der Waals surface area contributed by atoms with Gasteiger partial charge in [-0.2, -0.15) is 0 Å². The van der Waals surface area contributed by atoms with Gasteiger partial charge in [-0.25, -0.2) is 4.63 Å². The Kier molecular flexibility index (Phi) is 3.46. The highest BCUT2D eigenvalue weighted by Gasteiger charge is 2.11. The number of nitrogen functional groups attached to an aromatic ring is 1. The lowest BCUT2D eigenvalue weighted by atomic mass is 10.1. The zero-order valence-corrected chi connectivity index (χ0v) is 10.2. The third-order valence-corrected chi connectivity index (χ3v) is 2.84. The summed E-state index contributed by atoms with van der Waals surface area (Å²) in [6.45, 7) is 4.35. The quantitative estimate of drug-likeness (QED) is 0.778. The minimum absolute atomic E-state index is 0.401. The minimum atomic E-state index is 0.401. The third kappa shape index (κ3) is 2.49. The van der Waals surface area contributed by atoms with E-state index in [4.69, 9.17) is 10.4 Å². The Balaban J connectivity index is 2.18. The highest BCUT2D eigenvalue weighted by atomic mass is 16.6. The maximum absolute atomic E-state index is 5.79. The van der Waals surface area contributed by atoms with Gasteiger partial charge < -0.3 is 11.1 Å². The summed E-state index contributed by atoms with van der Waals surface area (Å²) >= 11 is 0. The molecule has 0 bridgehead atoms. The Morgan fingerprint density at radius 2 is 2.12 bits per heavy atom. The fourth-order valence-electron chi connectivity index (χ4n) is 1.85. The van der Waals surface area contributed by atoms with E-state index in [1.807, 2.05) is 12.1 Å². The van der Waals surface area contributed by atoms with Gasteiger partial charge in [0.05, 0.1) is 11.4 Å². The van der Waals surface area contributed by atoms with Gasteiger partial charge in [0.1, 0.15) is 0 Å². The van der Waals surface area contributed by atoms with Crippen molar-refractivity contribution in [3.8, 4) is 0 Å². The van der Waals surface area contributed by atoms with E-state index in [0.717, 1.165) is 12.1 Å². The fourth-order valence-corrected chi connectivity index (χ4v) is 1.85. The lowest BCUT2D eigenvalue weighted by Gasteiger charge is -2.14. The maximum Gasteiger partial charge on any atom is 0.160 e. The van der Waals surface area contributed by atoms with Gasteiger partial charge in [-0.3, -0.25) is 0 Å². The van der Waals surface area contributed by atoms with Gasteiger partial charge in [-0.15, -0.1) is 0 Å². The molecule has 1 heterocycles. The molecule has 92 valence electrons. The number of unbranched alkanes of at least 4 members (excludes halogenated alkanes) is 1. The van der Waals surface area contributed by atoms with Crippen LogP contribution in [0.25, 0.3) is 11.0 Å². The standard InChI is InChI=1S/C12H18N4O/c1-3-4-5-8(2)14-10-7-6-9(13)11-12(10)16-17-15-11/h6-8,14H,3-5,13H2,1-2H3. The van der Waals surface area contributed by atoms with E-state index in [-0.39, 0.29) is 0 Å². The number of hydrogen-bond donors (Lipinski definition) is 2. The smallest absolute Gasteiger partial charge is 0.160 e. The Bertz CT molecular complexity index is 494. The molecule has 0 radical (unpaired) electrons. The van der Waals surface area contributed by atoms with Crippen molar-refractivity contribution in [3.05, 3.63) is 12.1 Å². The fraction of sp³-hybridized carbons (Fsp3) is 0.500. The van der Waals surface area contributed by atoms with Gasteiger partial charge >= 0.3 is 0 Å². The summed E-state index contributed by atoms with van der Waals surface area (Å²) in [5.41, 5.74) is 8.64. The van der Waals surface area contributed by atoms with E-state index in [0.29, 0.717) is 22.8 Å². The Labute approximate surface area is 100 Å². The maximum atomic E-state index is 5.79. The number of nitrogens with one attached hydrogen (secondary N) is 1. The molecule has 0 saturated heterocycles. The summed E-state index contributed by atoms with van der Waals surface area (Å²) < 4.78 is 4.73. The van der Waals surface area contributed by atoms with Crippen molar-refractivity contribution in [1.82, 2.24) is 10.3 Å². The molecule has 3 N–H and O–H groups in total. The van der Waals surface area contributed by atoms with Crippen LogP contribution in [-0.4, -0.2) is 16.4 Å². The summed E-state index contributed by atoms with van der Waals surface area (Å²) in [6, 6.07) is 4.14. The summed E-state index contributed by atoms with van der Waals surface area (Å²) in [4.78, 5) is 0. The molecule has 0 saturated carbocycles. The second kappa shape index (κ2) is 5.03. The van der Waals surface area contributed by atoms with Crippen molar-refractivity contribution in [1.29, 1.82) is 0 Å². The van der Waals surface area contributed by atoms with Gasteiger partial charge in [-0.1, -0.05) is 19.8 Å². The van der Waals surface area contributed by atoms with Crippen molar-refractivity contribution in [2.45, 2.75) is 39.2 Å². The monoisotopic (exact) mass is 234 g/mol. The number of fused-ring (bicyclic) bond motifs is 1. The molecule has 0 amide bonds. The second-order valence-corrected chi connectivity index (χ2v) is 4.35. The van der Waals surface area contributed by atoms with Crippen molar-refractivity contribution in [2.24, 2.45) is 0 Å². The summed E-state index contributed by atoms with van der Waals surface area (Å²) in [5, 5.41) is 11.1. The van der Waals surface area contributed by atoms with Crippen LogP contribution in [0.3, 0.4) is 0 Å². The van der Waals surface area contributed by atoms with Crippen LogP contribution in [0.1, 0.15) is 33.1 Å². The molecule has 0 aliphatic carbocycles. The van der Waals surface area contributed by atoms with Crippen LogP contribution in [-0.2, 0) is 0 Å². The number of nitrogens with zero attached hydrogens (tertiary/aromatic N) is 2. The first-order valence-electron chi connectivity index (χ1n) is 5.99. The summed E-state index contributed by atoms with van der Waals surface area (Å²) in [6.07, 6.45) is 3.55. The average molecular weight is 234 g/mol. The first-order valence-corrected chi connectivity index (χ1v) is 5.99. The van der Waals surface area contributed by atoms with Crippen LogP contribution < -0.4 is 11.1 Å². The SMILES string of the molecule is CCCCC(C)Nc1ccc(N)c2nonc12. The minimum Gasteiger partial charge on any atom is -0.397 e. The number of anilines is 2. The van der Waals surface area contributed by atoms with Crippen LogP contribution in [0.2, 0.25) is 0 Å². The van der Waals surface area contributed by atoms with Crippen molar-refractivity contribution in [3.63, 3.8) is 0 Å². The molecular weight excluding hydrogens is 216 g/mol. The van der Waals surface area contributed by atoms with Crippen molar-refractivity contribution < 1.29 is 4.63 Å². The van der Waals surface area contributed by atoms with Crippen LogP contribution in [0.5, 0.6) is 0 Å². The first-order chi connectivity index (χ1) is 8.22. The van der Waals surface area contributed by atoms with E-state index >= 15 is 0 Å². The van der Waals surface area contributed by atoms with E-state index in [1.54, 1.807) is 0 Å². The number of nitrogens with two attached hydrogens (primary N) is 1. The normalized spacial score (nSPS) is 12.8. The highest BCUT2D eigenvalue weighted by Crippen LogP contribution is 2.26. The number of hydrogen-bond acceptors (Lipinski definition) is 5. The lowest BCUT2D eigenvalue weighted by molar-refractivity contribution is 0.315. The number of benzene rings is 1. The molecule has 0 aliphatic rings. The van der Waals surface area contributed by atoms with Crippen LogP contribution in [0.15, 0.2) is 16.8 Å². The molecule has 1 atom stereocenters. The molecule has 0 fully saturated rings. The van der Waals surface area contributed by atoms with E-state index in [1.165, 1.54) is 12.8 Å². The Morgan fingerprint density at radius 3 is 2.88 bits per heavy atom. The Hall–Kier alpha value is -1.78. The predicted molar refractivity (Wildman–Crippen MR) is 68.8 cm³/mol. The second-order valence-electron chi connectivity index (χ2n) is 4.35. The molecule has 1 aromatic carbocycles. The van der Waals surface area contributed by atoms with Gasteiger partial charge in [0.25, 0.3) is 0 Å². The van der Waals surface area contributed by atoms with Crippen LogP contribution in [0.4, 0.5) is 11.4 Å². The van der Waals surface area contributed by atoms with E-state index in [2.05, 4.69) is 29.5 Å². The Morgan fingerprint density at radius 1 is 1.35 bits per heavy atom. The molecule has 0 spiro atoms. The molecule has 1 aromatic heterocycles. The zero-order chi connectivity index (χ0) is 12.3. The topological polar surface area (TPSA) is 77.0 Å². The molecule has 17 heavy (non-hydrogen) atoms. The summed E-state index contributed by atoms with van der Waals surface area (Å²) in [5.74, 6) is 0. The molecule has 2 aromatic rings. The van der Waals surface area contributed by atoms with Gasteiger partial charge in [0.15, 0.2) is 11.0 Å². The van der Waals surface area contributed by atoms with E-state index < -0.39 is 0 Å². The molecule has 5 heteroatoms. The van der Waals surface area contributed by atoms with Crippen LogP contribution in [0, 0.1) is 0 Å². The highest BCUT2D eigenvalue weighted by molar-refractivity contribution is 5.94. The molecule has 1 unspecified atom stereocenters. The zero-order valence-electron chi connectivity index (χ0n) is 10.2. The first kappa shape index (κ1) is 11.7. The number of aromatic nitrogens is 2. The van der Waals surface area contributed by atoms with Crippen LogP contribution >= 0.6 is 0 Å². The molecular formula is C12H18N4O. The van der Waals surface area contributed by atoms with E-state index in [9.17, 15) is 0 Å². The summed E-state index contributed by atoms with van der Waals surface area (Å²) in [7, 11) is 0. The third-order valence-electron chi connectivity index (χ3n) is 2.84. The lowest BCUT2D eigenvalue weighted by Crippen LogP contribution is -2.15. The molecule has 0 aliphatic heterocycles. The molecule has 5 nitrogen and oxygen atoms in total. The molecule has 2 rings (SSSR count). The largest absolute Gasteiger partial charge is 0.397 e. The average Bonchev–Trinajstić information content (AvgIpc) is 2.80. The van der Waals surface area contributed by atoms with Gasteiger partial charge in [-0.05, 0) is 35.8 Å².